The Kier molecular flexibility index (Phi) is 9.42. The first-order valence-electron chi connectivity index (χ1n) is 27.2. The molecule has 16 aromatic rings. The maximum atomic E-state index is 7.03. The van der Waals surface area contributed by atoms with Gasteiger partial charge in [-0.3, -0.25) is 0 Å². The van der Waals surface area contributed by atoms with E-state index in [1.54, 1.807) is 0 Å². The first kappa shape index (κ1) is 43.7. The zero-order valence-corrected chi connectivity index (χ0v) is 42.9. The maximum Gasteiger partial charge on any atom is 0.152 e. The Bertz CT molecular complexity index is 5180. The third kappa shape index (κ3) is 6.73. The number of nitrogens with zero attached hydrogens (tertiary/aromatic N) is 2. The van der Waals surface area contributed by atoms with E-state index in [1.165, 1.54) is 104 Å². The molecule has 0 bridgehead atoms. The Morgan fingerprint density at radius 3 is 1.54 bits per heavy atom. The van der Waals surface area contributed by atoms with Gasteiger partial charge in [-0.15, -0.1) is 0 Å². The summed E-state index contributed by atoms with van der Waals surface area (Å²) in [7, 11) is 0. The highest BCUT2D eigenvalue weighted by Crippen LogP contribution is 2.53. The normalized spacial score (nSPS) is 12.4. The van der Waals surface area contributed by atoms with Crippen LogP contribution in [-0.2, 0) is 0 Å². The molecule has 0 amide bonds. The lowest BCUT2D eigenvalue weighted by atomic mass is 9.87. The predicted octanol–water partition coefficient (Wildman–Crippen LogP) is 21.4. The SMILES string of the molecule is c1ccc(-c2ccc3ccc4c(-c5cccc(-n6c7ccc(-c8ccc9c(c8)Oc8cc%10ccccc%10cc8N9c8cccc(-c9cccc%10ccccc9%10)c8)cc7c7c8ccccc8ccc76)c5)ccc5ccc2c3c54)cc1. The third-order valence-electron chi connectivity index (χ3n) is 16.8. The topological polar surface area (TPSA) is 17.4 Å². The van der Waals surface area contributed by atoms with Crippen LogP contribution in [0, 0.1) is 0 Å². The molecule has 0 radical (unpaired) electrons. The van der Waals surface area contributed by atoms with Crippen molar-refractivity contribution in [2.45, 2.75) is 0 Å². The molecule has 0 saturated carbocycles. The Labute approximate surface area is 456 Å². The smallest absolute Gasteiger partial charge is 0.152 e. The highest BCUT2D eigenvalue weighted by molar-refractivity contribution is 6.28. The maximum absolute atomic E-state index is 7.03. The summed E-state index contributed by atoms with van der Waals surface area (Å²) in [4.78, 5) is 2.38. The fourth-order valence-electron chi connectivity index (χ4n) is 13.2. The van der Waals surface area contributed by atoms with E-state index in [9.17, 15) is 0 Å². The van der Waals surface area contributed by atoms with Crippen molar-refractivity contribution in [1.82, 2.24) is 4.57 Å². The van der Waals surface area contributed by atoms with Gasteiger partial charge < -0.3 is 14.2 Å². The summed E-state index contributed by atoms with van der Waals surface area (Å²) < 4.78 is 9.50. The van der Waals surface area contributed by atoms with E-state index in [2.05, 4.69) is 289 Å². The Morgan fingerprint density at radius 1 is 0.241 bits per heavy atom. The lowest BCUT2D eigenvalue weighted by molar-refractivity contribution is 0.478. The Hall–Kier alpha value is -10.5. The molecule has 0 aliphatic carbocycles. The molecule has 1 aliphatic heterocycles. The molecule has 15 aromatic carbocycles. The summed E-state index contributed by atoms with van der Waals surface area (Å²) in [6.45, 7) is 0. The van der Waals surface area contributed by atoms with Crippen molar-refractivity contribution in [1.29, 1.82) is 0 Å². The van der Waals surface area contributed by atoms with Gasteiger partial charge in [-0.1, -0.05) is 212 Å². The molecule has 3 heteroatoms. The average molecular weight is 1000 g/mol. The van der Waals surface area contributed by atoms with Crippen LogP contribution < -0.4 is 9.64 Å². The summed E-state index contributed by atoms with van der Waals surface area (Å²) in [6, 6.07) is 103. The van der Waals surface area contributed by atoms with Crippen molar-refractivity contribution >= 4 is 104 Å². The number of aromatic nitrogens is 1. The van der Waals surface area contributed by atoms with Crippen LogP contribution >= 0.6 is 0 Å². The van der Waals surface area contributed by atoms with Crippen LogP contribution in [-0.4, -0.2) is 4.57 Å². The molecule has 3 nitrogen and oxygen atoms in total. The van der Waals surface area contributed by atoms with Crippen LogP contribution in [0.3, 0.4) is 0 Å². The fourth-order valence-corrected chi connectivity index (χ4v) is 13.2. The molecular formula is C76H46N2O. The van der Waals surface area contributed by atoms with Gasteiger partial charge in [0.25, 0.3) is 0 Å². The molecule has 0 unspecified atom stereocenters. The van der Waals surface area contributed by atoms with Gasteiger partial charge in [0.1, 0.15) is 0 Å². The van der Waals surface area contributed by atoms with Gasteiger partial charge in [0.2, 0.25) is 0 Å². The molecular weight excluding hydrogens is 957 g/mol. The Balaban J connectivity index is 0.807. The molecule has 1 aliphatic rings. The number of hydrogen-bond acceptors (Lipinski definition) is 2. The zero-order chi connectivity index (χ0) is 51.7. The van der Waals surface area contributed by atoms with Gasteiger partial charge in [-0.2, -0.15) is 0 Å². The largest absolute Gasteiger partial charge is 0.453 e. The molecule has 2 heterocycles. The lowest BCUT2D eigenvalue weighted by Crippen LogP contribution is -2.16. The summed E-state index contributed by atoms with van der Waals surface area (Å²) >= 11 is 0. The standard InChI is InChI=1S/C76H46N2O/c1-2-13-47(14-3-1)62-34-27-50-30-37-66-63(35-28-51-29-36-65(62)74(50)75(51)66)57-21-11-22-58(42-57)77-68-38-32-54(43-67(68)76-64-25-9-7-16-49(64)31-40-70(76)77)55-33-39-69-72(46-55)79-73-45-53-18-5-4-17-52(53)44-71(73)78(69)59-23-10-20-56(41-59)61-26-12-19-48-15-6-8-24-60(48)61/h1-46H. The van der Waals surface area contributed by atoms with Crippen LogP contribution in [0.25, 0.3) is 137 Å². The van der Waals surface area contributed by atoms with Gasteiger partial charge >= 0.3 is 0 Å². The van der Waals surface area contributed by atoms with Crippen LogP contribution in [0.4, 0.5) is 17.1 Å². The number of ether oxygens (including phenoxy) is 1. The van der Waals surface area contributed by atoms with E-state index in [1.807, 2.05) is 0 Å². The van der Waals surface area contributed by atoms with E-state index in [0.29, 0.717) is 0 Å². The van der Waals surface area contributed by atoms with Crippen molar-refractivity contribution in [3.8, 4) is 61.7 Å². The summed E-state index contributed by atoms with van der Waals surface area (Å²) in [5, 5.41) is 17.4. The number of benzene rings is 15. The van der Waals surface area contributed by atoms with E-state index in [4.69, 9.17) is 4.74 Å². The van der Waals surface area contributed by atoms with Crippen molar-refractivity contribution in [3.05, 3.63) is 279 Å². The third-order valence-corrected chi connectivity index (χ3v) is 16.8. The van der Waals surface area contributed by atoms with Gasteiger partial charge in [0.05, 0.1) is 22.4 Å². The minimum atomic E-state index is 0.809. The van der Waals surface area contributed by atoms with E-state index in [-0.39, 0.29) is 0 Å². The molecule has 0 saturated heterocycles. The lowest BCUT2D eigenvalue weighted by Gasteiger charge is -2.34. The molecule has 366 valence electrons. The minimum Gasteiger partial charge on any atom is -0.453 e. The number of anilines is 3. The van der Waals surface area contributed by atoms with Crippen molar-refractivity contribution in [3.63, 3.8) is 0 Å². The molecule has 79 heavy (non-hydrogen) atoms. The first-order chi connectivity index (χ1) is 39.1. The van der Waals surface area contributed by atoms with Crippen LogP contribution in [0.5, 0.6) is 11.5 Å². The first-order valence-corrected chi connectivity index (χ1v) is 27.2. The molecule has 17 rings (SSSR count). The average Bonchev–Trinajstić information content (AvgIpc) is 4.15. The fraction of sp³-hybridized carbons (Fsp3) is 0. The van der Waals surface area contributed by atoms with E-state index >= 15 is 0 Å². The highest BCUT2D eigenvalue weighted by Gasteiger charge is 2.28. The molecule has 0 N–H and O–H groups in total. The van der Waals surface area contributed by atoms with Gasteiger partial charge in [-0.05, 0) is 176 Å². The van der Waals surface area contributed by atoms with Gasteiger partial charge in [0, 0.05) is 22.1 Å². The second kappa shape index (κ2) is 17.0. The molecule has 1 aromatic heterocycles. The van der Waals surface area contributed by atoms with Gasteiger partial charge in [-0.25, -0.2) is 0 Å². The van der Waals surface area contributed by atoms with E-state index in [0.717, 1.165) is 61.7 Å². The molecule has 0 atom stereocenters. The quantitative estimate of drug-likeness (QED) is 0.154. The summed E-state index contributed by atoms with van der Waals surface area (Å²) in [5.41, 5.74) is 16.0. The summed E-state index contributed by atoms with van der Waals surface area (Å²) in [5.74, 6) is 1.63. The number of hydrogen-bond donors (Lipinski definition) is 0. The van der Waals surface area contributed by atoms with E-state index < -0.39 is 0 Å². The highest BCUT2D eigenvalue weighted by atomic mass is 16.5. The molecule has 0 fully saturated rings. The van der Waals surface area contributed by atoms with Crippen LogP contribution in [0.1, 0.15) is 0 Å². The van der Waals surface area contributed by atoms with Crippen molar-refractivity contribution < 1.29 is 4.74 Å². The van der Waals surface area contributed by atoms with Crippen LogP contribution in [0.15, 0.2) is 279 Å². The second-order valence-corrected chi connectivity index (χ2v) is 21.2. The zero-order valence-electron chi connectivity index (χ0n) is 42.9. The summed E-state index contributed by atoms with van der Waals surface area (Å²) in [6.07, 6.45) is 0. The monoisotopic (exact) mass is 1000 g/mol. The molecule has 0 spiro atoms. The minimum absolute atomic E-state index is 0.809. The van der Waals surface area contributed by atoms with Crippen LogP contribution in [0.2, 0.25) is 0 Å². The van der Waals surface area contributed by atoms with Gasteiger partial charge in [0.15, 0.2) is 11.5 Å². The predicted molar refractivity (Wildman–Crippen MR) is 334 cm³/mol. The number of fused-ring (bicyclic) bond motifs is 9. The van der Waals surface area contributed by atoms with Crippen molar-refractivity contribution in [2.75, 3.05) is 4.90 Å². The Morgan fingerprint density at radius 2 is 0.772 bits per heavy atom. The number of rotatable bonds is 6. The van der Waals surface area contributed by atoms with Crippen molar-refractivity contribution in [2.24, 2.45) is 0 Å². The second-order valence-electron chi connectivity index (χ2n) is 21.2.